The standard InChI is InChI=1S/C27H33N3O10.Na/c1-26(39)12-6-4-7-15(31)17(12)21(34)18-13(26)10-14-20(30(2)3)22(35)19(24(37)27(14,40)23(18)36)25(38)29-11-28-9-5-8-16(32)33;/h4,6-7,13-14,20,28,31,34,37,39-40H,5,8-11H2,1-3H3,(H,29,38)(H,32,33);/q;+1/t13-,14-,20-,26+,27-;/m0./s1. The van der Waals surface area contributed by atoms with Gasteiger partial charge in [-0.05, 0) is 52.0 Å². The van der Waals surface area contributed by atoms with Crippen LogP contribution in [0.5, 0.6) is 5.75 Å². The predicted molar refractivity (Wildman–Crippen MR) is 139 cm³/mol. The van der Waals surface area contributed by atoms with Crippen molar-refractivity contribution < 1.29 is 79.4 Å². The molecule has 0 unspecified atom stereocenters. The summed E-state index contributed by atoms with van der Waals surface area (Å²) >= 11 is 0. The van der Waals surface area contributed by atoms with E-state index in [1.807, 2.05) is 0 Å². The number of nitrogens with zero attached hydrogens (tertiary/aromatic N) is 1. The van der Waals surface area contributed by atoms with Crippen molar-refractivity contribution >= 4 is 29.2 Å². The summed E-state index contributed by atoms with van der Waals surface area (Å²) in [6.45, 7) is 1.44. The number of phenolic OH excluding ortho intramolecular Hbond substituents is 1. The Labute approximate surface area is 257 Å². The third-order valence-electron chi connectivity index (χ3n) is 8.12. The van der Waals surface area contributed by atoms with Crippen molar-refractivity contribution in [2.45, 2.75) is 43.4 Å². The number of amides is 1. The van der Waals surface area contributed by atoms with E-state index < -0.39 is 80.9 Å². The number of likely N-dealkylation sites (N-methyl/N-ethyl adjacent to an activating group) is 1. The third kappa shape index (κ3) is 5.20. The van der Waals surface area contributed by atoms with Crippen LogP contribution < -0.4 is 40.2 Å². The molecule has 8 N–H and O–H groups in total. The van der Waals surface area contributed by atoms with Crippen molar-refractivity contribution in [3.05, 3.63) is 46.2 Å². The molecular formula is C27H33N3NaO10+. The number of carboxylic acids is 1. The molecule has 0 radical (unpaired) electrons. The zero-order valence-electron chi connectivity index (χ0n) is 23.3. The van der Waals surface area contributed by atoms with E-state index in [0.29, 0.717) is 0 Å². The van der Waals surface area contributed by atoms with Crippen molar-refractivity contribution in [2.24, 2.45) is 11.8 Å². The molecule has 1 aromatic carbocycles. The number of fused-ring (bicyclic) bond motifs is 3. The van der Waals surface area contributed by atoms with Gasteiger partial charge in [-0.15, -0.1) is 0 Å². The van der Waals surface area contributed by atoms with Crippen LogP contribution in [0.25, 0.3) is 5.76 Å². The Bertz CT molecular complexity index is 1350. The number of aliphatic carboxylic acids is 1. The maximum absolute atomic E-state index is 14.0. The van der Waals surface area contributed by atoms with Gasteiger partial charge < -0.3 is 36.0 Å². The van der Waals surface area contributed by atoms with E-state index in [-0.39, 0.29) is 73.2 Å². The van der Waals surface area contributed by atoms with Gasteiger partial charge in [0.15, 0.2) is 11.4 Å². The van der Waals surface area contributed by atoms with E-state index >= 15 is 0 Å². The molecule has 0 heterocycles. The van der Waals surface area contributed by atoms with Crippen LogP contribution in [0.15, 0.2) is 35.1 Å². The molecule has 0 aliphatic heterocycles. The zero-order valence-corrected chi connectivity index (χ0v) is 25.3. The molecule has 0 aromatic heterocycles. The maximum atomic E-state index is 14.0. The molecule has 1 aromatic rings. The summed E-state index contributed by atoms with van der Waals surface area (Å²) < 4.78 is 0. The molecule has 4 rings (SSSR count). The van der Waals surface area contributed by atoms with E-state index in [1.165, 1.54) is 44.1 Å². The summed E-state index contributed by atoms with van der Waals surface area (Å²) in [5.41, 5.74) is -5.92. The van der Waals surface area contributed by atoms with Crippen molar-refractivity contribution in [3.8, 4) is 5.75 Å². The largest absolute Gasteiger partial charge is 1.00 e. The van der Waals surface area contributed by atoms with Crippen LogP contribution in [0.1, 0.15) is 37.3 Å². The van der Waals surface area contributed by atoms with E-state index in [9.17, 15) is 44.7 Å². The van der Waals surface area contributed by atoms with Gasteiger partial charge in [0.05, 0.1) is 23.9 Å². The van der Waals surface area contributed by atoms with E-state index in [0.717, 1.165) is 0 Å². The van der Waals surface area contributed by atoms with Gasteiger partial charge in [0.1, 0.15) is 22.8 Å². The molecule has 0 saturated heterocycles. The molecule has 5 atom stereocenters. The summed E-state index contributed by atoms with van der Waals surface area (Å²) in [5, 5.41) is 70.0. The van der Waals surface area contributed by atoms with Crippen LogP contribution in [0.4, 0.5) is 0 Å². The van der Waals surface area contributed by atoms with Crippen LogP contribution in [0.2, 0.25) is 0 Å². The number of aliphatic hydroxyl groups is 4. The molecule has 3 aliphatic rings. The number of carboxylic acid groups (broad SMARTS) is 1. The van der Waals surface area contributed by atoms with Gasteiger partial charge >= 0.3 is 35.5 Å². The van der Waals surface area contributed by atoms with E-state index in [1.54, 1.807) is 0 Å². The first-order valence-electron chi connectivity index (χ1n) is 12.8. The SMILES string of the molecule is CN(C)[C@@H]1C(=O)C(C(=O)NCNCCCC(=O)O)=C(O)[C@@]2(O)C(=O)C3=C(O)c4c(O)cccc4[C@@](C)(O)[C@H]3C[C@@H]12.[Na+]. The van der Waals surface area contributed by atoms with E-state index in [4.69, 9.17) is 5.11 Å². The molecule has 0 bridgehead atoms. The summed E-state index contributed by atoms with van der Waals surface area (Å²) in [6, 6.07) is 2.94. The molecule has 216 valence electrons. The molecule has 1 saturated carbocycles. The van der Waals surface area contributed by atoms with Crippen molar-refractivity contribution in [2.75, 3.05) is 27.3 Å². The number of hydrogen-bond donors (Lipinski definition) is 8. The van der Waals surface area contributed by atoms with Gasteiger partial charge in [-0.3, -0.25) is 29.4 Å². The number of aromatic hydroxyl groups is 1. The topological polar surface area (TPSA) is 217 Å². The fourth-order valence-corrected chi connectivity index (χ4v) is 6.17. The monoisotopic (exact) mass is 582 g/mol. The Balaban J connectivity index is 0.00000462. The molecule has 13 nitrogen and oxygen atoms in total. The molecule has 0 spiro atoms. The summed E-state index contributed by atoms with van der Waals surface area (Å²) in [4.78, 5) is 52.7. The minimum atomic E-state index is -2.80. The second-order valence-corrected chi connectivity index (χ2v) is 10.8. The van der Waals surface area contributed by atoms with Gasteiger partial charge in [-0.1, -0.05) is 12.1 Å². The maximum Gasteiger partial charge on any atom is 1.00 e. The number of nitrogens with one attached hydrogen (secondary N) is 2. The van der Waals surface area contributed by atoms with Gasteiger partial charge in [0.2, 0.25) is 5.78 Å². The molecule has 1 fully saturated rings. The Morgan fingerprint density at radius 2 is 1.78 bits per heavy atom. The van der Waals surface area contributed by atoms with Gasteiger partial charge in [-0.2, -0.15) is 0 Å². The first kappa shape index (κ1) is 32.7. The minimum Gasteiger partial charge on any atom is -0.508 e. The number of carbonyl (C=O) groups excluding carboxylic acids is 3. The van der Waals surface area contributed by atoms with Gasteiger partial charge in [-0.25, -0.2) is 0 Å². The number of aliphatic hydroxyl groups excluding tert-OH is 2. The second kappa shape index (κ2) is 11.8. The number of rotatable bonds is 8. The Hall–Kier alpha value is -2.78. The normalized spacial score (nSPS) is 29.0. The van der Waals surface area contributed by atoms with Crippen LogP contribution >= 0.6 is 0 Å². The number of Topliss-reactive ketones (excluding diaryl/α,β-unsaturated/α-hetero) is 2. The zero-order chi connectivity index (χ0) is 29.7. The average Bonchev–Trinajstić information content (AvgIpc) is 2.86. The molecule has 14 heteroatoms. The molecular weight excluding hydrogens is 549 g/mol. The van der Waals surface area contributed by atoms with Crippen molar-refractivity contribution in [1.82, 2.24) is 15.5 Å². The summed E-state index contributed by atoms with van der Waals surface area (Å²) in [6.07, 6.45) is -0.0490. The van der Waals surface area contributed by atoms with E-state index in [2.05, 4.69) is 10.6 Å². The number of ketones is 2. The average molecular weight is 583 g/mol. The Kier molecular flexibility index (Phi) is 9.45. The molecule has 41 heavy (non-hydrogen) atoms. The quantitative estimate of drug-likeness (QED) is 0.0654. The fraction of sp³-hybridized carbons (Fsp3) is 0.481. The van der Waals surface area contributed by atoms with Crippen molar-refractivity contribution in [1.29, 1.82) is 0 Å². The smallest absolute Gasteiger partial charge is 0.508 e. The molecule has 3 aliphatic carbocycles. The van der Waals surface area contributed by atoms with Crippen LogP contribution in [0, 0.1) is 11.8 Å². The van der Waals surface area contributed by atoms with Gasteiger partial charge in [0, 0.05) is 23.8 Å². The first-order chi connectivity index (χ1) is 18.7. The fourth-order valence-electron chi connectivity index (χ4n) is 6.17. The number of benzene rings is 1. The van der Waals surface area contributed by atoms with Crippen LogP contribution in [-0.2, 0) is 24.8 Å². The second-order valence-electron chi connectivity index (χ2n) is 10.8. The number of phenols is 1. The number of carbonyl (C=O) groups is 4. The van der Waals surface area contributed by atoms with Gasteiger partial charge in [0.25, 0.3) is 5.91 Å². The Morgan fingerprint density at radius 1 is 1.12 bits per heavy atom. The Morgan fingerprint density at radius 3 is 2.39 bits per heavy atom. The summed E-state index contributed by atoms with van der Waals surface area (Å²) in [5.74, 6) is -8.78. The van der Waals surface area contributed by atoms with Crippen LogP contribution in [-0.4, -0.2) is 97.9 Å². The summed E-state index contributed by atoms with van der Waals surface area (Å²) in [7, 11) is 3.01. The third-order valence-corrected chi connectivity index (χ3v) is 8.12. The van der Waals surface area contributed by atoms with Crippen molar-refractivity contribution in [3.63, 3.8) is 0 Å². The first-order valence-corrected chi connectivity index (χ1v) is 12.8. The predicted octanol–water partition coefficient (Wildman–Crippen LogP) is -3.32. The van der Waals surface area contributed by atoms with Crippen LogP contribution in [0.3, 0.4) is 0 Å². The molecule has 1 amide bonds. The number of hydrogen-bond acceptors (Lipinski definition) is 11. The minimum absolute atomic E-state index is 0.